The molecule has 3 rings (SSSR count). The molecule has 0 aliphatic rings. The van der Waals surface area contributed by atoms with E-state index in [0.717, 1.165) is 11.4 Å². The molecular formula is C19H20N4O2. The first-order valence-electron chi connectivity index (χ1n) is 7.83. The van der Waals surface area contributed by atoms with Crippen LogP contribution in [0.15, 0.2) is 54.9 Å². The van der Waals surface area contributed by atoms with Crippen LogP contribution in [0.5, 0.6) is 11.5 Å². The van der Waals surface area contributed by atoms with E-state index in [2.05, 4.69) is 27.5 Å². The molecule has 128 valence electrons. The lowest BCUT2D eigenvalue weighted by molar-refractivity contribution is 0.355. The van der Waals surface area contributed by atoms with Crippen LogP contribution in [-0.2, 0) is 0 Å². The molecule has 1 heterocycles. The number of methoxy groups -OCH3 is 2. The van der Waals surface area contributed by atoms with Crippen molar-refractivity contribution in [3.8, 4) is 11.5 Å². The Hall–Kier alpha value is -3.28. The van der Waals surface area contributed by atoms with Gasteiger partial charge in [-0.2, -0.15) is 0 Å². The number of rotatable bonds is 6. The topological polar surface area (TPSA) is 68.3 Å². The van der Waals surface area contributed by atoms with Crippen molar-refractivity contribution in [3.05, 3.63) is 60.4 Å². The van der Waals surface area contributed by atoms with E-state index >= 15 is 0 Å². The minimum absolute atomic E-state index is 0.652. The summed E-state index contributed by atoms with van der Waals surface area (Å²) in [7, 11) is 3.22. The van der Waals surface area contributed by atoms with Crippen LogP contribution >= 0.6 is 0 Å². The highest BCUT2D eigenvalue weighted by molar-refractivity contribution is 5.65. The van der Waals surface area contributed by atoms with E-state index in [1.165, 1.54) is 11.9 Å². The smallest absolute Gasteiger partial charge is 0.162 e. The Labute approximate surface area is 146 Å². The van der Waals surface area contributed by atoms with Gasteiger partial charge in [-0.25, -0.2) is 9.97 Å². The number of nitrogens with zero attached hydrogens (tertiary/aromatic N) is 2. The summed E-state index contributed by atoms with van der Waals surface area (Å²) in [6.07, 6.45) is 1.51. The predicted molar refractivity (Wildman–Crippen MR) is 99.3 cm³/mol. The third-order valence-corrected chi connectivity index (χ3v) is 3.65. The van der Waals surface area contributed by atoms with Crippen molar-refractivity contribution < 1.29 is 9.47 Å². The molecule has 0 saturated heterocycles. The van der Waals surface area contributed by atoms with Crippen LogP contribution in [0.3, 0.4) is 0 Å². The summed E-state index contributed by atoms with van der Waals surface area (Å²) >= 11 is 0. The van der Waals surface area contributed by atoms with Crippen LogP contribution in [0, 0.1) is 6.92 Å². The van der Waals surface area contributed by atoms with E-state index in [9.17, 15) is 0 Å². The molecule has 0 unspecified atom stereocenters. The maximum atomic E-state index is 5.32. The molecule has 2 aromatic carbocycles. The summed E-state index contributed by atoms with van der Waals surface area (Å²) in [6.45, 7) is 2.06. The van der Waals surface area contributed by atoms with E-state index < -0.39 is 0 Å². The zero-order valence-electron chi connectivity index (χ0n) is 14.4. The lowest BCUT2D eigenvalue weighted by Crippen LogP contribution is -1.99. The Morgan fingerprint density at radius 1 is 0.720 bits per heavy atom. The molecule has 0 aliphatic heterocycles. The quantitative estimate of drug-likeness (QED) is 0.700. The number of aryl methyl sites for hydroxylation is 1. The maximum Gasteiger partial charge on any atom is 0.162 e. The van der Waals surface area contributed by atoms with Gasteiger partial charge in [-0.1, -0.05) is 17.7 Å². The number of hydrogen-bond acceptors (Lipinski definition) is 6. The first-order valence-corrected chi connectivity index (χ1v) is 7.83. The molecule has 6 heteroatoms. The summed E-state index contributed by atoms with van der Waals surface area (Å²) in [5.41, 5.74) is 3.03. The van der Waals surface area contributed by atoms with Crippen molar-refractivity contribution >= 4 is 23.0 Å². The van der Waals surface area contributed by atoms with E-state index in [4.69, 9.17) is 9.47 Å². The fourth-order valence-electron chi connectivity index (χ4n) is 2.34. The molecule has 25 heavy (non-hydrogen) atoms. The van der Waals surface area contributed by atoms with Gasteiger partial charge in [0.1, 0.15) is 18.0 Å². The van der Waals surface area contributed by atoms with E-state index in [0.29, 0.717) is 23.1 Å². The van der Waals surface area contributed by atoms with Crippen LogP contribution in [0.1, 0.15) is 5.56 Å². The molecule has 3 aromatic rings. The van der Waals surface area contributed by atoms with Crippen LogP contribution in [0.2, 0.25) is 0 Å². The number of ether oxygens (including phenoxy) is 2. The third kappa shape index (κ3) is 4.17. The average Bonchev–Trinajstić information content (AvgIpc) is 2.64. The van der Waals surface area contributed by atoms with Crippen LogP contribution < -0.4 is 20.1 Å². The SMILES string of the molecule is COc1ccc(Nc2cc(Nc3ccc(C)cc3)ncn2)cc1OC. The standard InChI is InChI=1S/C19H20N4O2/c1-13-4-6-14(7-5-13)22-18-11-19(21-12-20-18)23-15-8-9-16(24-2)17(10-15)25-3/h4-12H,1-3H3,(H2,20,21,22,23). The van der Waals surface area contributed by atoms with Gasteiger partial charge >= 0.3 is 0 Å². The first-order chi connectivity index (χ1) is 12.2. The van der Waals surface area contributed by atoms with Crippen molar-refractivity contribution in [2.75, 3.05) is 24.9 Å². The van der Waals surface area contributed by atoms with Crippen LogP contribution in [-0.4, -0.2) is 24.2 Å². The monoisotopic (exact) mass is 336 g/mol. The molecule has 0 spiro atoms. The largest absolute Gasteiger partial charge is 0.493 e. The molecule has 0 amide bonds. The van der Waals surface area contributed by atoms with Gasteiger partial charge in [0.05, 0.1) is 14.2 Å². The molecule has 0 atom stereocenters. The van der Waals surface area contributed by atoms with Gasteiger partial charge in [0.2, 0.25) is 0 Å². The van der Waals surface area contributed by atoms with Gasteiger partial charge in [0, 0.05) is 23.5 Å². The van der Waals surface area contributed by atoms with Gasteiger partial charge in [-0.15, -0.1) is 0 Å². The van der Waals surface area contributed by atoms with Crippen molar-refractivity contribution in [2.24, 2.45) is 0 Å². The van der Waals surface area contributed by atoms with Gasteiger partial charge in [-0.05, 0) is 31.2 Å². The molecule has 1 aromatic heterocycles. The minimum Gasteiger partial charge on any atom is -0.493 e. The fraction of sp³-hybridized carbons (Fsp3) is 0.158. The Balaban J connectivity index is 1.76. The summed E-state index contributed by atoms with van der Waals surface area (Å²) in [5.74, 6) is 2.72. The number of hydrogen-bond donors (Lipinski definition) is 2. The van der Waals surface area contributed by atoms with Gasteiger partial charge < -0.3 is 20.1 Å². The number of benzene rings is 2. The van der Waals surface area contributed by atoms with Crippen molar-refractivity contribution in [3.63, 3.8) is 0 Å². The summed E-state index contributed by atoms with van der Waals surface area (Å²) < 4.78 is 10.6. The van der Waals surface area contributed by atoms with Crippen molar-refractivity contribution in [1.82, 2.24) is 9.97 Å². The molecular weight excluding hydrogens is 316 g/mol. The average molecular weight is 336 g/mol. The summed E-state index contributed by atoms with van der Waals surface area (Å²) in [4.78, 5) is 8.51. The molecule has 0 radical (unpaired) electrons. The lowest BCUT2D eigenvalue weighted by atomic mass is 10.2. The number of nitrogens with one attached hydrogen (secondary N) is 2. The van der Waals surface area contributed by atoms with Gasteiger partial charge in [0.15, 0.2) is 11.5 Å². The van der Waals surface area contributed by atoms with E-state index in [1.54, 1.807) is 14.2 Å². The summed E-state index contributed by atoms with van der Waals surface area (Å²) in [5, 5.41) is 6.50. The highest BCUT2D eigenvalue weighted by Crippen LogP contribution is 2.31. The zero-order chi connectivity index (χ0) is 17.6. The van der Waals surface area contributed by atoms with E-state index in [1.807, 2.05) is 48.5 Å². The Bertz CT molecular complexity index is 850. The number of aromatic nitrogens is 2. The normalized spacial score (nSPS) is 10.2. The second-order valence-electron chi connectivity index (χ2n) is 5.47. The van der Waals surface area contributed by atoms with Gasteiger partial charge in [0.25, 0.3) is 0 Å². The van der Waals surface area contributed by atoms with E-state index in [-0.39, 0.29) is 0 Å². The highest BCUT2D eigenvalue weighted by atomic mass is 16.5. The van der Waals surface area contributed by atoms with Gasteiger partial charge in [-0.3, -0.25) is 0 Å². The Kier molecular flexibility index (Phi) is 4.99. The molecule has 0 fully saturated rings. The van der Waals surface area contributed by atoms with Crippen molar-refractivity contribution in [1.29, 1.82) is 0 Å². The maximum absolute atomic E-state index is 5.32. The van der Waals surface area contributed by atoms with Crippen molar-refractivity contribution in [2.45, 2.75) is 6.92 Å². The molecule has 0 bridgehead atoms. The lowest BCUT2D eigenvalue weighted by Gasteiger charge is -2.11. The zero-order valence-corrected chi connectivity index (χ0v) is 14.4. The fourth-order valence-corrected chi connectivity index (χ4v) is 2.34. The van der Waals surface area contributed by atoms with Crippen LogP contribution in [0.25, 0.3) is 0 Å². The summed E-state index contributed by atoms with van der Waals surface area (Å²) in [6, 6.07) is 15.6. The second kappa shape index (κ2) is 7.53. The molecule has 0 saturated carbocycles. The molecule has 2 N–H and O–H groups in total. The first kappa shape index (κ1) is 16.6. The minimum atomic E-state index is 0.652. The second-order valence-corrected chi connectivity index (χ2v) is 5.47. The Morgan fingerprint density at radius 2 is 1.32 bits per heavy atom. The predicted octanol–water partition coefficient (Wildman–Crippen LogP) is 4.29. The third-order valence-electron chi connectivity index (χ3n) is 3.65. The molecule has 0 aliphatic carbocycles. The Morgan fingerprint density at radius 3 is 1.96 bits per heavy atom. The van der Waals surface area contributed by atoms with Crippen LogP contribution in [0.4, 0.5) is 23.0 Å². The highest BCUT2D eigenvalue weighted by Gasteiger charge is 2.06. The molecule has 6 nitrogen and oxygen atoms in total. The number of anilines is 4.